The van der Waals surface area contributed by atoms with Gasteiger partial charge in [-0.15, -0.1) is 0 Å². The molecule has 0 aromatic carbocycles. The maximum absolute atomic E-state index is 14.3. The first-order chi connectivity index (χ1) is 11.6. The van der Waals surface area contributed by atoms with Crippen molar-refractivity contribution in [2.75, 3.05) is 0 Å². The molecule has 3 N–H and O–H groups in total. The highest BCUT2D eigenvalue weighted by Crippen LogP contribution is 2.58. The summed E-state index contributed by atoms with van der Waals surface area (Å²) in [5.41, 5.74) is 3.03. The third-order valence-electron chi connectivity index (χ3n) is 4.48. The van der Waals surface area contributed by atoms with Crippen LogP contribution in [-0.4, -0.2) is 32.1 Å². The van der Waals surface area contributed by atoms with Gasteiger partial charge in [-0.05, 0) is 67.2 Å². The van der Waals surface area contributed by atoms with Gasteiger partial charge in [0.15, 0.2) is 0 Å². The van der Waals surface area contributed by atoms with Gasteiger partial charge in [0.25, 0.3) is 5.92 Å². The smallest absolute Gasteiger partial charge is 0.337 e. The number of rotatable bonds is 10. The predicted octanol–water partition coefficient (Wildman–Crippen LogP) is 5.36. The Morgan fingerprint density at radius 3 is 1.92 bits per heavy atom. The molecule has 4 nitrogen and oxygen atoms in total. The first-order valence-corrected chi connectivity index (χ1v) is 10.3. The Balaban J connectivity index is 4.86. The lowest BCUT2D eigenvalue weighted by Gasteiger charge is -2.36. The number of alkyl halides is 2. The Kier molecular flexibility index (Phi) is 9.62. The summed E-state index contributed by atoms with van der Waals surface area (Å²) in [4.78, 5) is 18.3. The molecule has 0 fully saturated rings. The second-order valence-electron chi connectivity index (χ2n) is 7.59. The summed E-state index contributed by atoms with van der Waals surface area (Å²) in [6, 6.07) is 0. The molecule has 0 radical (unpaired) electrons. The molecule has 0 heterocycles. The standard InChI is InChI=1S/C19H33F2O4P/c1-14(2)9-7-10-15(3)11-8-12-16(4)13-17(22)19(20,21)18(5,6)26(23,24)25/h9,11,13,17,22H,7-8,10,12H2,1-6H3,(H2,23,24,25). The van der Waals surface area contributed by atoms with Crippen LogP contribution < -0.4 is 0 Å². The second kappa shape index (κ2) is 9.93. The average Bonchev–Trinajstić information content (AvgIpc) is 2.45. The van der Waals surface area contributed by atoms with E-state index in [1.165, 1.54) is 11.1 Å². The quantitative estimate of drug-likeness (QED) is 0.344. The fourth-order valence-electron chi connectivity index (χ4n) is 2.25. The fraction of sp³-hybridized carbons (Fsp3) is 0.684. The van der Waals surface area contributed by atoms with Gasteiger partial charge in [-0.2, -0.15) is 0 Å². The van der Waals surface area contributed by atoms with Crippen LogP contribution in [0.1, 0.15) is 67.2 Å². The zero-order valence-corrected chi connectivity index (χ0v) is 17.5. The predicted molar refractivity (Wildman–Crippen MR) is 102 cm³/mol. The third kappa shape index (κ3) is 7.43. The molecule has 0 rings (SSSR count). The summed E-state index contributed by atoms with van der Waals surface area (Å²) >= 11 is 0. The van der Waals surface area contributed by atoms with E-state index in [0.717, 1.165) is 32.8 Å². The van der Waals surface area contributed by atoms with E-state index in [2.05, 4.69) is 6.08 Å². The molecule has 1 atom stereocenters. The maximum Gasteiger partial charge on any atom is 0.337 e. The van der Waals surface area contributed by atoms with Crippen molar-refractivity contribution in [1.82, 2.24) is 0 Å². The second-order valence-corrected chi connectivity index (χ2v) is 9.80. The van der Waals surface area contributed by atoms with E-state index in [0.29, 0.717) is 18.4 Å². The summed E-state index contributed by atoms with van der Waals surface area (Å²) in [6.45, 7) is 9.25. The minimum atomic E-state index is -5.09. The van der Waals surface area contributed by atoms with Gasteiger partial charge in [-0.3, -0.25) is 4.57 Å². The van der Waals surface area contributed by atoms with Crippen molar-refractivity contribution in [3.8, 4) is 0 Å². The topological polar surface area (TPSA) is 77.8 Å². The van der Waals surface area contributed by atoms with Crippen molar-refractivity contribution in [3.05, 3.63) is 34.9 Å². The normalized spacial score (nSPS) is 15.8. The SMILES string of the molecule is CC(C)=CCCC(C)=CCCC(C)=CC(O)C(F)(F)C(C)(C)P(=O)(O)O. The summed E-state index contributed by atoms with van der Waals surface area (Å²) < 4.78 is 39.9. The van der Waals surface area contributed by atoms with Crippen molar-refractivity contribution >= 4 is 7.60 Å². The molecule has 0 bridgehead atoms. The van der Waals surface area contributed by atoms with Crippen LogP contribution in [0, 0.1) is 0 Å². The highest BCUT2D eigenvalue weighted by molar-refractivity contribution is 7.53. The Labute approximate surface area is 155 Å². The lowest BCUT2D eigenvalue weighted by Crippen LogP contribution is -2.50. The monoisotopic (exact) mass is 394 g/mol. The molecule has 1 unspecified atom stereocenters. The van der Waals surface area contributed by atoms with Gasteiger partial charge in [-0.25, -0.2) is 8.78 Å². The van der Waals surface area contributed by atoms with Gasteiger partial charge in [-0.1, -0.05) is 34.9 Å². The van der Waals surface area contributed by atoms with Gasteiger partial charge in [0.2, 0.25) is 0 Å². The average molecular weight is 394 g/mol. The molecule has 0 aromatic rings. The van der Waals surface area contributed by atoms with Gasteiger partial charge in [0.1, 0.15) is 11.3 Å². The molecule has 0 aliphatic heterocycles. The van der Waals surface area contributed by atoms with Gasteiger partial charge < -0.3 is 14.9 Å². The van der Waals surface area contributed by atoms with Crippen molar-refractivity contribution in [2.24, 2.45) is 0 Å². The van der Waals surface area contributed by atoms with Crippen LogP contribution in [0.2, 0.25) is 0 Å². The van der Waals surface area contributed by atoms with Crippen LogP contribution in [0.25, 0.3) is 0 Å². The third-order valence-corrected chi connectivity index (χ3v) is 6.24. The van der Waals surface area contributed by atoms with Crippen LogP contribution in [0.3, 0.4) is 0 Å². The van der Waals surface area contributed by atoms with Crippen LogP contribution in [0.5, 0.6) is 0 Å². The highest BCUT2D eigenvalue weighted by atomic mass is 31.2. The van der Waals surface area contributed by atoms with Crippen molar-refractivity contribution in [1.29, 1.82) is 0 Å². The fourth-order valence-corrected chi connectivity index (χ4v) is 2.77. The minimum Gasteiger partial charge on any atom is -0.383 e. The number of aliphatic hydroxyl groups excluding tert-OH is 1. The Morgan fingerprint density at radius 2 is 1.46 bits per heavy atom. The summed E-state index contributed by atoms with van der Waals surface area (Å²) in [5.74, 6) is -3.95. The molecule has 152 valence electrons. The number of aliphatic hydroxyl groups is 1. The van der Waals surface area contributed by atoms with E-state index in [9.17, 15) is 18.5 Å². The van der Waals surface area contributed by atoms with Crippen molar-refractivity contribution in [3.63, 3.8) is 0 Å². The molecular weight excluding hydrogens is 361 g/mol. The Morgan fingerprint density at radius 1 is 1.00 bits per heavy atom. The Hall–Kier alpha value is -0.810. The summed E-state index contributed by atoms with van der Waals surface area (Å²) in [6.07, 6.45) is 5.97. The van der Waals surface area contributed by atoms with E-state index in [4.69, 9.17) is 9.79 Å². The Bertz CT molecular complexity index is 597. The van der Waals surface area contributed by atoms with E-state index in [1.807, 2.05) is 26.8 Å². The van der Waals surface area contributed by atoms with Crippen LogP contribution in [-0.2, 0) is 4.57 Å². The zero-order chi connectivity index (χ0) is 20.8. The van der Waals surface area contributed by atoms with Gasteiger partial charge >= 0.3 is 7.60 Å². The van der Waals surface area contributed by atoms with E-state index in [-0.39, 0.29) is 0 Å². The lowest BCUT2D eigenvalue weighted by atomic mass is 9.96. The van der Waals surface area contributed by atoms with Gasteiger partial charge in [0.05, 0.1) is 0 Å². The molecule has 7 heteroatoms. The van der Waals surface area contributed by atoms with E-state index in [1.54, 1.807) is 6.92 Å². The van der Waals surface area contributed by atoms with Crippen LogP contribution >= 0.6 is 7.60 Å². The molecule has 0 aliphatic rings. The summed E-state index contributed by atoms with van der Waals surface area (Å²) in [7, 11) is -5.09. The first-order valence-electron chi connectivity index (χ1n) is 8.70. The number of hydrogen-bond acceptors (Lipinski definition) is 2. The molecule has 0 spiro atoms. The van der Waals surface area contributed by atoms with Gasteiger partial charge in [0, 0.05) is 0 Å². The number of halogens is 2. The molecule has 0 saturated carbocycles. The molecule has 0 amide bonds. The molecule has 0 aromatic heterocycles. The van der Waals surface area contributed by atoms with Crippen LogP contribution in [0.4, 0.5) is 8.78 Å². The largest absolute Gasteiger partial charge is 0.383 e. The number of allylic oxidation sites excluding steroid dienone is 5. The highest BCUT2D eigenvalue weighted by Gasteiger charge is 2.61. The molecular formula is C19H33F2O4P. The van der Waals surface area contributed by atoms with E-state index >= 15 is 0 Å². The molecule has 26 heavy (non-hydrogen) atoms. The molecule has 0 saturated heterocycles. The first kappa shape index (κ1) is 25.2. The maximum atomic E-state index is 14.3. The minimum absolute atomic E-state index is 0.490. The number of hydrogen-bond donors (Lipinski definition) is 3. The van der Waals surface area contributed by atoms with Crippen molar-refractivity contribution in [2.45, 2.75) is 84.4 Å². The lowest BCUT2D eigenvalue weighted by molar-refractivity contribution is -0.114. The zero-order valence-electron chi connectivity index (χ0n) is 16.6. The van der Waals surface area contributed by atoms with Crippen molar-refractivity contribution < 1.29 is 28.2 Å². The van der Waals surface area contributed by atoms with E-state index < -0.39 is 24.8 Å². The molecule has 0 aliphatic carbocycles. The van der Waals surface area contributed by atoms with Crippen LogP contribution in [0.15, 0.2) is 34.9 Å². The summed E-state index contributed by atoms with van der Waals surface area (Å²) in [5, 5.41) is 7.18.